The third-order valence-electron chi connectivity index (χ3n) is 5.61. The largest absolute Gasteiger partial charge is 0.480 e. The van der Waals surface area contributed by atoms with Crippen LogP contribution >= 0.6 is 11.3 Å². The molecule has 0 atom stereocenters. The predicted molar refractivity (Wildman–Crippen MR) is 122 cm³/mol. The van der Waals surface area contributed by atoms with Crippen LogP contribution in [0.15, 0.2) is 24.3 Å². The molecule has 2 aromatic heterocycles. The lowest BCUT2D eigenvalue weighted by Gasteiger charge is -2.34. The third kappa shape index (κ3) is 4.43. The van der Waals surface area contributed by atoms with Gasteiger partial charge in [0.05, 0.1) is 29.0 Å². The van der Waals surface area contributed by atoms with Gasteiger partial charge >= 0.3 is 0 Å². The topological polar surface area (TPSA) is 91.6 Å². The Morgan fingerprint density at radius 3 is 2.50 bits per heavy atom. The van der Waals surface area contributed by atoms with Gasteiger partial charge in [-0.05, 0) is 30.2 Å². The lowest BCUT2D eigenvalue weighted by Crippen LogP contribution is -2.48. The molecule has 4 rings (SSSR count). The Hall–Kier alpha value is -3.06. The maximum Gasteiger partial charge on any atom is 0.264 e. The summed E-state index contributed by atoms with van der Waals surface area (Å²) in [4.78, 5) is 27.9. The Bertz CT molecular complexity index is 1160. The maximum absolute atomic E-state index is 13.3. The molecule has 0 saturated carbocycles. The summed E-state index contributed by atoms with van der Waals surface area (Å²) in [5.41, 5.74) is 2.69. The van der Waals surface area contributed by atoms with Crippen LogP contribution in [0.25, 0.3) is 10.2 Å². The van der Waals surface area contributed by atoms with Gasteiger partial charge in [-0.3, -0.25) is 9.69 Å². The number of aryl methyl sites for hydroxylation is 1. The highest BCUT2D eigenvalue weighted by Gasteiger charge is 2.27. The van der Waals surface area contributed by atoms with E-state index in [1.54, 1.807) is 14.2 Å². The van der Waals surface area contributed by atoms with Crippen LogP contribution in [-0.4, -0.2) is 66.1 Å². The summed E-state index contributed by atoms with van der Waals surface area (Å²) >= 11 is 1.38. The smallest absolute Gasteiger partial charge is 0.264 e. The van der Waals surface area contributed by atoms with E-state index < -0.39 is 0 Å². The van der Waals surface area contributed by atoms with Crippen LogP contribution in [0.1, 0.15) is 32.2 Å². The fourth-order valence-electron chi connectivity index (χ4n) is 3.89. The van der Waals surface area contributed by atoms with Crippen LogP contribution in [0, 0.1) is 18.3 Å². The lowest BCUT2D eigenvalue weighted by molar-refractivity contribution is 0.0632. The number of hydrogen-bond donors (Lipinski definition) is 0. The van der Waals surface area contributed by atoms with E-state index >= 15 is 0 Å². The second kappa shape index (κ2) is 9.61. The van der Waals surface area contributed by atoms with Crippen molar-refractivity contribution < 1.29 is 14.3 Å². The molecule has 1 amide bonds. The number of methoxy groups -OCH3 is 2. The highest BCUT2D eigenvalue weighted by Crippen LogP contribution is 2.35. The third-order valence-corrected chi connectivity index (χ3v) is 6.79. The van der Waals surface area contributed by atoms with Gasteiger partial charge in [0.1, 0.15) is 11.4 Å². The van der Waals surface area contributed by atoms with Crippen molar-refractivity contribution in [1.29, 1.82) is 5.26 Å². The first-order chi connectivity index (χ1) is 15.5. The number of ether oxygens (including phenoxy) is 2. The number of nitriles is 1. The number of piperazine rings is 1. The zero-order chi connectivity index (χ0) is 22.7. The van der Waals surface area contributed by atoms with Crippen LogP contribution in [-0.2, 0) is 17.9 Å². The van der Waals surface area contributed by atoms with Gasteiger partial charge in [0, 0.05) is 39.8 Å². The van der Waals surface area contributed by atoms with Crippen LogP contribution in [0.5, 0.6) is 5.88 Å². The molecule has 9 heteroatoms. The van der Waals surface area contributed by atoms with E-state index in [1.165, 1.54) is 16.9 Å². The number of rotatable bonds is 6. The molecule has 0 N–H and O–H groups in total. The van der Waals surface area contributed by atoms with E-state index in [2.05, 4.69) is 20.9 Å². The normalized spacial score (nSPS) is 14.5. The standard InChI is InChI=1S/C23H25N5O3S/c1-15-19-21(31-3)25-18(14-30-2)26-22(19)32-20(15)23(29)28-10-8-27(9-11-28)13-17-6-4-16(12-24)5-7-17/h4-7H,8-11,13-14H2,1-3H3. The molecule has 0 bridgehead atoms. The molecule has 0 unspecified atom stereocenters. The monoisotopic (exact) mass is 451 g/mol. The highest BCUT2D eigenvalue weighted by molar-refractivity contribution is 7.20. The van der Waals surface area contributed by atoms with E-state index in [0.29, 0.717) is 35.2 Å². The summed E-state index contributed by atoms with van der Waals surface area (Å²) in [5.74, 6) is 1.04. The van der Waals surface area contributed by atoms with Crippen molar-refractivity contribution in [2.75, 3.05) is 40.4 Å². The van der Waals surface area contributed by atoms with Crippen molar-refractivity contribution in [2.45, 2.75) is 20.1 Å². The second-order valence-electron chi connectivity index (χ2n) is 7.70. The molecule has 3 heterocycles. The summed E-state index contributed by atoms with van der Waals surface area (Å²) < 4.78 is 10.6. The molecule has 0 aliphatic carbocycles. The van der Waals surface area contributed by atoms with Gasteiger partial charge in [0.25, 0.3) is 5.91 Å². The number of amides is 1. The van der Waals surface area contributed by atoms with E-state index in [9.17, 15) is 4.79 Å². The molecule has 3 aromatic rings. The van der Waals surface area contributed by atoms with E-state index in [4.69, 9.17) is 14.7 Å². The summed E-state index contributed by atoms with van der Waals surface area (Å²) in [6, 6.07) is 9.80. The average Bonchev–Trinajstić information content (AvgIpc) is 3.15. The Morgan fingerprint density at radius 1 is 1.16 bits per heavy atom. The van der Waals surface area contributed by atoms with Crippen molar-refractivity contribution in [1.82, 2.24) is 19.8 Å². The van der Waals surface area contributed by atoms with Gasteiger partial charge in [-0.2, -0.15) is 10.2 Å². The average molecular weight is 452 g/mol. The fraction of sp³-hybridized carbons (Fsp3) is 0.391. The zero-order valence-electron chi connectivity index (χ0n) is 18.4. The first-order valence-corrected chi connectivity index (χ1v) is 11.2. The highest BCUT2D eigenvalue weighted by atomic mass is 32.1. The lowest BCUT2D eigenvalue weighted by atomic mass is 10.1. The number of aromatic nitrogens is 2. The molecule has 0 radical (unpaired) electrons. The van der Waals surface area contributed by atoms with Crippen molar-refractivity contribution in [2.24, 2.45) is 0 Å². The first kappa shape index (κ1) is 22.1. The molecular weight excluding hydrogens is 426 g/mol. The predicted octanol–water partition coefficient (Wildman–Crippen LogP) is 2.98. The van der Waals surface area contributed by atoms with Gasteiger partial charge in [-0.25, -0.2) is 4.98 Å². The minimum absolute atomic E-state index is 0.0267. The number of hydrogen-bond acceptors (Lipinski definition) is 8. The van der Waals surface area contributed by atoms with Gasteiger partial charge in [-0.1, -0.05) is 12.1 Å². The minimum atomic E-state index is 0.0267. The number of nitrogens with zero attached hydrogens (tertiary/aromatic N) is 5. The molecule has 1 saturated heterocycles. The van der Waals surface area contributed by atoms with Crippen LogP contribution in [0.4, 0.5) is 0 Å². The van der Waals surface area contributed by atoms with E-state index in [-0.39, 0.29) is 12.5 Å². The molecule has 8 nitrogen and oxygen atoms in total. The molecule has 1 aliphatic rings. The van der Waals surface area contributed by atoms with Crippen molar-refractivity contribution in [3.8, 4) is 11.9 Å². The van der Waals surface area contributed by atoms with Crippen molar-refractivity contribution in [3.05, 3.63) is 51.7 Å². The van der Waals surface area contributed by atoms with Crippen LogP contribution in [0.2, 0.25) is 0 Å². The van der Waals surface area contributed by atoms with Gasteiger partial charge < -0.3 is 14.4 Å². The number of thiophene rings is 1. The zero-order valence-corrected chi connectivity index (χ0v) is 19.2. The molecule has 32 heavy (non-hydrogen) atoms. The first-order valence-electron chi connectivity index (χ1n) is 10.4. The van der Waals surface area contributed by atoms with Gasteiger partial charge in [0.2, 0.25) is 5.88 Å². The Labute approximate surface area is 191 Å². The van der Waals surface area contributed by atoms with E-state index in [1.807, 2.05) is 36.1 Å². The molecule has 0 spiro atoms. The number of carbonyl (C=O) groups is 1. The SMILES string of the molecule is COCc1nc(OC)c2c(C)c(C(=O)N3CCN(Cc4ccc(C#N)cc4)CC3)sc2n1. The minimum Gasteiger partial charge on any atom is -0.480 e. The molecular formula is C23H25N5O3S. The van der Waals surface area contributed by atoms with Gasteiger partial charge in [-0.15, -0.1) is 11.3 Å². The number of carbonyl (C=O) groups excluding carboxylic acids is 1. The summed E-state index contributed by atoms with van der Waals surface area (Å²) in [7, 11) is 3.17. The summed E-state index contributed by atoms with van der Waals surface area (Å²) in [6.07, 6.45) is 0. The fourth-order valence-corrected chi connectivity index (χ4v) is 5.04. The van der Waals surface area contributed by atoms with Crippen LogP contribution < -0.4 is 4.74 Å². The second-order valence-corrected chi connectivity index (χ2v) is 8.69. The molecule has 1 aromatic carbocycles. The number of benzene rings is 1. The Morgan fingerprint density at radius 2 is 1.88 bits per heavy atom. The summed E-state index contributed by atoms with van der Waals surface area (Å²) in [5, 5.41) is 9.73. The summed E-state index contributed by atoms with van der Waals surface area (Å²) in [6.45, 7) is 5.96. The van der Waals surface area contributed by atoms with Gasteiger partial charge in [0.15, 0.2) is 5.82 Å². The van der Waals surface area contributed by atoms with E-state index in [0.717, 1.165) is 35.4 Å². The van der Waals surface area contributed by atoms with Crippen molar-refractivity contribution >= 4 is 27.5 Å². The Kier molecular flexibility index (Phi) is 6.65. The maximum atomic E-state index is 13.3. The molecule has 1 fully saturated rings. The van der Waals surface area contributed by atoms with Crippen LogP contribution in [0.3, 0.4) is 0 Å². The molecule has 166 valence electrons. The molecule has 1 aliphatic heterocycles. The number of fused-ring (bicyclic) bond motifs is 1. The van der Waals surface area contributed by atoms with Crippen molar-refractivity contribution in [3.63, 3.8) is 0 Å². The Balaban J connectivity index is 1.46. The quantitative estimate of drug-likeness (QED) is 0.569.